The van der Waals surface area contributed by atoms with E-state index in [2.05, 4.69) is 19.2 Å². The molecule has 0 aromatic carbocycles. The molecule has 10 nitrogen and oxygen atoms in total. The van der Waals surface area contributed by atoms with Crippen molar-refractivity contribution in [2.24, 2.45) is 0 Å². The zero-order valence-electron chi connectivity index (χ0n) is 34.6. The van der Waals surface area contributed by atoms with Crippen molar-refractivity contribution in [1.29, 1.82) is 0 Å². The number of unbranched alkanes of at least 4 members (excludes halogenated alkanes) is 26. The number of aliphatic hydroxyl groups is 6. The zero-order chi connectivity index (χ0) is 39.7. The number of aliphatic hydroxyl groups excluding tert-OH is 6. The second-order valence-electron chi connectivity index (χ2n) is 16.0. The molecule has 1 saturated heterocycles. The quantitative estimate of drug-likeness (QED) is 0.0245. The summed E-state index contributed by atoms with van der Waals surface area (Å²) in [7, 11) is 0. The summed E-state index contributed by atoms with van der Waals surface area (Å²) in [6.45, 7) is 3.60. The van der Waals surface area contributed by atoms with Gasteiger partial charge in [0.15, 0.2) is 6.29 Å². The van der Waals surface area contributed by atoms with Crippen LogP contribution < -0.4 is 5.32 Å². The first-order valence-corrected chi connectivity index (χ1v) is 22.5. The van der Waals surface area contributed by atoms with Gasteiger partial charge in [0.1, 0.15) is 30.5 Å². The van der Waals surface area contributed by atoms with Gasteiger partial charge in [-0.05, 0) is 19.3 Å². The molecule has 1 amide bonds. The number of allylic oxidation sites excluding steroid dienone is 1. The number of hydrogen-bond donors (Lipinski definition) is 7. The lowest BCUT2D eigenvalue weighted by atomic mass is 9.99. The van der Waals surface area contributed by atoms with Gasteiger partial charge in [-0.2, -0.15) is 0 Å². The van der Waals surface area contributed by atoms with Crippen LogP contribution in [0.2, 0.25) is 0 Å². The predicted molar refractivity (Wildman–Crippen MR) is 218 cm³/mol. The minimum atomic E-state index is -1.61. The molecule has 7 N–H and O–H groups in total. The van der Waals surface area contributed by atoms with Crippen LogP contribution >= 0.6 is 0 Å². The molecule has 8 unspecified atom stereocenters. The summed E-state index contributed by atoms with van der Waals surface area (Å²) in [6, 6.07) is -0.973. The third kappa shape index (κ3) is 25.2. The number of amides is 1. The molecule has 0 bridgehead atoms. The Hall–Kier alpha value is -1.11. The Balaban J connectivity index is 2.40. The average molecular weight is 772 g/mol. The summed E-state index contributed by atoms with van der Waals surface area (Å²) >= 11 is 0. The van der Waals surface area contributed by atoms with Crippen molar-refractivity contribution in [3.63, 3.8) is 0 Å². The Morgan fingerprint density at radius 2 is 1.06 bits per heavy atom. The van der Waals surface area contributed by atoms with Crippen LogP contribution in [0.15, 0.2) is 12.2 Å². The first kappa shape index (κ1) is 50.9. The highest BCUT2D eigenvalue weighted by Gasteiger charge is 2.44. The third-order valence-electron chi connectivity index (χ3n) is 11.0. The predicted octanol–water partition coefficient (Wildman–Crippen LogP) is 7.92. The molecule has 1 rings (SSSR count). The van der Waals surface area contributed by atoms with Gasteiger partial charge in [-0.1, -0.05) is 193 Å². The number of ether oxygens (including phenoxy) is 2. The minimum absolute atomic E-state index is 0.302. The van der Waals surface area contributed by atoms with Gasteiger partial charge in [-0.3, -0.25) is 4.79 Å². The molecule has 10 heteroatoms. The van der Waals surface area contributed by atoms with Gasteiger partial charge < -0.3 is 45.4 Å². The molecule has 1 aliphatic rings. The fraction of sp³-hybridized carbons (Fsp3) is 0.932. The number of rotatable bonds is 37. The molecule has 0 aromatic heterocycles. The van der Waals surface area contributed by atoms with Gasteiger partial charge >= 0.3 is 0 Å². The average Bonchev–Trinajstić information content (AvgIpc) is 3.17. The van der Waals surface area contributed by atoms with Gasteiger partial charge in [-0.25, -0.2) is 0 Å². The van der Waals surface area contributed by atoms with Crippen LogP contribution in [0.4, 0.5) is 0 Å². The number of nitrogens with one attached hydrogen (secondary N) is 1. The first-order valence-electron chi connectivity index (χ1n) is 22.5. The molecule has 1 aliphatic heterocycles. The summed E-state index contributed by atoms with van der Waals surface area (Å²) in [4.78, 5) is 13.0. The maximum absolute atomic E-state index is 13.0. The Kier molecular flexibility index (Phi) is 33.1. The van der Waals surface area contributed by atoms with E-state index in [4.69, 9.17) is 9.47 Å². The molecule has 0 saturated carbocycles. The third-order valence-corrected chi connectivity index (χ3v) is 11.0. The highest BCUT2D eigenvalue weighted by atomic mass is 16.7. The molecule has 8 atom stereocenters. The van der Waals surface area contributed by atoms with E-state index in [-0.39, 0.29) is 6.61 Å². The van der Waals surface area contributed by atoms with Gasteiger partial charge in [0, 0.05) is 0 Å². The lowest BCUT2D eigenvalue weighted by molar-refractivity contribution is -0.302. The number of carbonyl (C=O) groups is 1. The summed E-state index contributed by atoms with van der Waals surface area (Å²) in [6.07, 6.45) is 28.7. The van der Waals surface area contributed by atoms with Crippen LogP contribution in [-0.2, 0) is 14.3 Å². The van der Waals surface area contributed by atoms with Crippen molar-refractivity contribution < 1.29 is 44.9 Å². The topological polar surface area (TPSA) is 169 Å². The Morgan fingerprint density at radius 1 is 0.630 bits per heavy atom. The molecule has 0 aliphatic carbocycles. The fourth-order valence-electron chi connectivity index (χ4n) is 7.22. The summed E-state index contributed by atoms with van der Waals surface area (Å²) in [5.41, 5.74) is 0. The number of carbonyl (C=O) groups excluding carboxylic acids is 1. The van der Waals surface area contributed by atoms with Crippen LogP contribution in [0.25, 0.3) is 0 Å². The van der Waals surface area contributed by atoms with Crippen molar-refractivity contribution in [1.82, 2.24) is 5.32 Å². The normalized spacial score (nSPS) is 22.1. The molecule has 1 heterocycles. The van der Waals surface area contributed by atoms with Crippen molar-refractivity contribution in [2.75, 3.05) is 13.2 Å². The lowest BCUT2D eigenvalue weighted by Crippen LogP contribution is -2.60. The maximum Gasteiger partial charge on any atom is 0.249 e. The smallest absolute Gasteiger partial charge is 0.249 e. The molecular weight excluding hydrogens is 686 g/mol. The maximum atomic E-state index is 13.0. The summed E-state index contributed by atoms with van der Waals surface area (Å²) in [5, 5.41) is 64.5. The Labute approximate surface area is 329 Å². The van der Waals surface area contributed by atoms with Gasteiger partial charge in [0.05, 0.1) is 25.4 Å². The van der Waals surface area contributed by atoms with Crippen LogP contribution in [0.3, 0.4) is 0 Å². The van der Waals surface area contributed by atoms with Gasteiger partial charge in [-0.15, -0.1) is 0 Å². The minimum Gasteiger partial charge on any atom is -0.394 e. The van der Waals surface area contributed by atoms with E-state index in [1.165, 1.54) is 135 Å². The molecule has 1 fully saturated rings. The van der Waals surface area contributed by atoms with Crippen molar-refractivity contribution in [3.8, 4) is 0 Å². The summed E-state index contributed by atoms with van der Waals surface area (Å²) < 4.78 is 11.1. The van der Waals surface area contributed by atoms with Crippen molar-refractivity contribution >= 4 is 5.91 Å². The molecule has 0 spiro atoms. The van der Waals surface area contributed by atoms with E-state index >= 15 is 0 Å². The van der Waals surface area contributed by atoms with Crippen LogP contribution in [-0.4, -0.2) is 98.7 Å². The lowest BCUT2D eigenvalue weighted by Gasteiger charge is -2.40. The largest absolute Gasteiger partial charge is 0.394 e. The summed E-state index contributed by atoms with van der Waals surface area (Å²) in [5.74, 6) is -0.615. The van der Waals surface area contributed by atoms with E-state index in [1.54, 1.807) is 6.08 Å². The second kappa shape index (κ2) is 35.1. The van der Waals surface area contributed by atoms with Crippen molar-refractivity contribution in [2.45, 2.75) is 249 Å². The standard InChI is InChI=1S/C44H85NO9/c1-3-5-7-9-11-13-15-17-18-19-20-21-23-25-27-29-31-33-38(48)43(52)45-36(35-53-44-42(51)41(50)40(49)39(34-46)54-44)37(47)32-30-28-26-24-22-16-14-12-10-8-6-4-2/h30,32,36-42,44,46-51H,3-29,31,33-35H2,1-2H3,(H,45,52)/b32-30+. The van der Waals surface area contributed by atoms with E-state index in [0.717, 1.165) is 44.9 Å². The first-order chi connectivity index (χ1) is 26.3. The highest BCUT2D eigenvalue weighted by Crippen LogP contribution is 2.23. The molecule has 320 valence electrons. The molecular formula is C44H85NO9. The van der Waals surface area contributed by atoms with Crippen molar-refractivity contribution in [3.05, 3.63) is 12.2 Å². The van der Waals surface area contributed by atoms with E-state index < -0.39 is 61.5 Å². The Bertz CT molecular complexity index is 875. The van der Waals surface area contributed by atoms with Crippen LogP contribution in [0.1, 0.15) is 200 Å². The molecule has 54 heavy (non-hydrogen) atoms. The zero-order valence-corrected chi connectivity index (χ0v) is 34.6. The van der Waals surface area contributed by atoms with Crippen LogP contribution in [0, 0.1) is 0 Å². The second-order valence-corrected chi connectivity index (χ2v) is 16.0. The number of hydrogen-bond acceptors (Lipinski definition) is 9. The van der Waals surface area contributed by atoms with E-state index in [1.807, 2.05) is 6.08 Å². The fourth-order valence-corrected chi connectivity index (χ4v) is 7.22. The molecule has 0 aromatic rings. The Morgan fingerprint density at radius 3 is 1.50 bits per heavy atom. The molecule has 0 radical (unpaired) electrons. The van der Waals surface area contributed by atoms with Crippen LogP contribution in [0.5, 0.6) is 0 Å². The monoisotopic (exact) mass is 772 g/mol. The van der Waals surface area contributed by atoms with E-state index in [9.17, 15) is 35.4 Å². The van der Waals surface area contributed by atoms with Gasteiger partial charge in [0.2, 0.25) is 5.91 Å². The van der Waals surface area contributed by atoms with E-state index in [0.29, 0.717) is 6.42 Å². The highest BCUT2D eigenvalue weighted by molar-refractivity contribution is 5.80. The van der Waals surface area contributed by atoms with Gasteiger partial charge in [0.25, 0.3) is 0 Å². The SMILES string of the molecule is CCCCCCCCCCCC/C=C/C(O)C(COC1OC(CO)C(O)C(O)C1O)NC(=O)C(O)CCCCCCCCCCCCCCCCCCC.